The third kappa shape index (κ3) is 5.63. The molecule has 2 rings (SSSR count). The molecule has 0 aromatic carbocycles. The number of anilines is 2. The summed E-state index contributed by atoms with van der Waals surface area (Å²) in [7, 11) is 1.67. The molecule has 0 aliphatic carbocycles. The van der Waals surface area contributed by atoms with Gasteiger partial charge in [0.2, 0.25) is 11.9 Å². The lowest BCUT2D eigenvalue weighted by molar-refractivity contribution is -0.117. The predicted octanol–water partition coefficient (Wildman–Crippen LogP) is 2.24. The molecule has 2 aromatic rings. The van der Waals surface area contributed by atoms with Gasteiger partial charge in [-0.1, -0.05) is 13.8 Å². The smallest absolute Gasteiger partial charge is 0.247 e. The van der Waals surface area contributed by atoms with E-state index in [2.05, 4.69) is 25.7 Å². The summed E-state index contributed by atoms with van der Waals surface area (Å²) in [5.41, 5.74) is 0.987. The van der Waals surface area contributed by atoms with Gasteiger partial charge in [-0.25, -0.2) is 9.97 Å². The number of carbonyl (C=O) groups is 2. The molecule has 0 spiro atoms. The second-order valence-corrected chi connectivity index (χ2v) is 6.12. The van der Waals surface area contributed by atoms with E-state index in [9.17, 15) is 9.59 Å². The molecule has 2 heterocycles. The van der Waals surface area contributed by atoms with Crippen molar-refractivity contribution in [3.8, 4) is 0 Å². The Kier molecular flexibility index (Phi) is 7.04. The van der Waals surface area contributed by atoms with E-state index in [1.165, 1.54) is 5.01 Å². The molecule has 9 nitrogen and oxygen atoms in total. The number of nitrogens with one attached hydrogen (secondary N) is 2. The van der Waals surface area contributed by atoms with Crippen molar-refractivity contribution in [3.63, 3.8) is 0 Å². The van der Waals surface area contributed by atoms with Crippen LogP contribution in [0.3, 0.4) is 0 Å². The zero-order chi connectivity index (χ0) is 19.8. The Labute approximate surface area is 157 Å². The first kappa shape index (κ1) is 20.1. The SMILES string of the molecule is CCNc1cc(C=O)c(/C(=N\N(C)CC(=O)Nc2ncccn2)C(C)C)o1. The standard InChI is InChI=1S/C18H24N6O3/c1-5-19-15-9-13(11-25)17(27-15)16(12(2)3)23-24(4)10-14(26)22-18-20-7-6-8-21-18/h6-9,11-12,19H,5,10H2,1-4H3,(H,20,21,22,26)/b23-16-. The maximum absolute atomic E-state index is 12.1. The fraction of sp³-hybridized carbons (Fsp3) is 0.389. The number of aromatic nitrogens is 2. The number of hydrazone groups is 1. The van der Waals surface area contributed by atoms with Gasteiger partial charge in [0.05, 0.1) is 5.56 Å². The van der Waals surface area contributed by atoms with Crippen LogP contribution in [0.1, 0.15) is 36.9 Å². The van der Waals surface area contributed by atoms with Gasteiger partial charge < -0.3 is 9.73 Å². The molecule has 27 heavy (non-hydrogen) atoms. The normalized spacial score (nSPS) is 11.4. The number of amides is 1. The van der Waals surface area contributed by atoms with Crippen molar-refractivity contribution in [1.29, 1.82) is 0 Å². The summed E-state index contributed by atoms with van der Waals surface area (Å²) >= 11 is 0. The lowest BCUT2D eigenvalue weighted by Crippen LogP contribution is -2.29. The highest BCUT2D eigenvalue weighted by molar-refractivity contribution is 6.05. The van der Waals surface area contributed by atoms with Gasteiger partial charge >= 0.3 is 0 Å². The Morgan fingerprint density at radius 1 is 1.37 bits per heavy atom. The molecule has 2 N–H and O–H groups in total. The van der Waals surface area contributed by atoms with Gasteiger partial charge in [-0.15, -0.1) is 0 Å². The number of likely N-dealkylation sites (N-methyl/N-ethyl adjacent to an activating group) is 1. The van der Waals surface area contributed by atoms with Crippen LogP contribution in [0.4, 0.5) is 11.8 Å². The zero-order valence-corrected chi connectivity index (χ0v) is 15.9. The highest BCUT2D eigenvalue weighted by atomic mass is 16.4. The monoisotopic (exact) mass is 372 g/mol. The van der Waals surface area contributed by atoms with Crippen LogP contribution in [0, 0.1) is 5.92 Å². The van der Waals surface area contributed by atoms with Crippen LogP contribution in [0.25, 0.3) is 0 Å². The van der Waals surface area contributed by atoms with E-state index in [1.54, 1.807) is 31.6 Å². The first-order valence-electron chi connectivity index (χ1n) is 8.64. The average molecular weight is 372 g/mol. The van der Waals surface area contributed by atoms with Gasteiger partial charge in [-0.2, -0.15) is 5.10 Å². The van der Waals surface area contributed by atoms with Crippen molar-refractivity contribution in [2.75, 3.05) is 30.8 Å². The van der Waals surface area contributed by atoms with Crippen LogP contribution in [-0.2, 0) is 4.79 Å². The van der Waals surface area contributed by atoms with E-state index in [1.807, 2.05) is 20.8 Å². The van der Waals surface area contributed by atoms with E-state index in [-0.39, 0.29) is 24.3 Å². The van der Waals surface area contributed by atoms with Crippen molar-refractivity contribution in [1.82, 2.24) is 15.0 Å². The number of nitrogens with zero attached hydrogens (tertiary/aromatic N) is 4. The highest BCUT2D eigenvalue weighted by Crippen LogP contribution is 2.22. The minimum Gasteiger partial charge on any atom is -0.439 e. The molecule has 0 aliphatic heterocycles. The summed E-state index contributed by atoms with van der Waals surface area (Å²) in [6.45, 7) is 6.47. The fourth-order valence-corrected chi connectivity index (χ4v) is 2.33. The summed E-state index contributed by atoms with van der Waals surface area (Å²) in [5.74, 6) is 0.805. The summed E-state index contributed by atoms with van der Waals surface area (Å²) in [5, 5.41) is 11.6. The molecule has 0 aliphatic rings. The number of carbonyl (C=O) groups excluding carboxylic acids is 2. The summed E-state index contributed by atoms with van der Waals surface area (Å²) in [6, 6.07) is 3.31. The molecule has 2 aromatic heterocycles. The van der Waals surface area contributed by atoms with Gasteiger partial charge in [0.1, 0.15) is 12.3 Å². The van der Waals surface area contributed by atoms with Gasteiger partial charge in [0.25, 0.3) is 0 Å². The Bertz CT molecular complexity index is 801. The maximum atomic E-state index is 12.1. The molecule has 0 radical (unpaired) electrons. The van der Waals surface area contributed by atoms with Gasteiger partial charge in [0, 0.05) is 38.0 Å². The molecule has 0 atom stereocenters. The quantitative estimate of drug-likeness (QED) is 0.394. The molecular weight excluding hydrogens is 348 g/mol. The third-order valence-electron chi connectivity index (χ3n) is 3.49. The number of hydrogen-bond acceptors (Lipinski definition) is 8. The largest absolute Gasteiger partial charge is 0.439 e. The summed E-state index contributed by atoms with van der Waals surface area (Å²) in [6.07, 6.45) is 3.82. The molecule has 144 valence electrons. The van der Waals surface area contributed by atoms with Crippen molar-refractivity contribution < 1.29 is 14.0 Å². The van der Waals surface area contributed by atoms with Gasteiger partial charge in [-0.3, -0.25) is 19.9 Å². The lowest BCUT2D eigenvalue weighted by atomic mass is 10.0. The van der Waals surface area contributed by atoms with Crippen LogP contribution in [0.5, 0.6) is 0 Å². The number of furan rings is 1. The van der Waals surface area contributed by atoms with E-state index >= 15 is 0 Å². The summed E-state index contributed by atoms with van der Waals surface area (Å²) in [4.78, 5) is 31.4. The van der Waals surface area contributed by atoms with Crippen molar-refractivity contribution in [2.24, 2.45) is 11.0 Å². The minimum absolute atomic E-state index is 0.00826. The van der Waals surface area contributed by atoms with Crippen LogP contribution < -0.4 is 10.6 Å². The lowest BCUT2D eigenvalue weighted by Gasteiger charge is -2.16. The molecule has 9 heteroatoms. The average Bonchev–Trinajstić information content (AvgIpc) is 3.03. The zero-order valence-electron chi connectivity index (χ0n) is 15.9. The Balaban J connectivity index is 2.16. The van der Waals surface area contributed by atoms with Crippen LogP contribution >= 0.6 is 0 Å². The number of rotatable bonds is 9. The van der Waals surface area contributed by atoms with Crippen LogP contribution in [0.15, 0.2) is 34.0 Å². The molecule has 1 amide bonds. The maximum Gasteiger partial charge on any atom is 0.247 e. The molecular formula is C18H24N6O3. The fourth-order valence-electron chi connectivity index (χ4n) is 2.33. The van der Waals surface area contributed by atoms with Crippen LogP contribution in [-0.4, -0.2) is 53.0 Å². The molecule has 0 fully saturated rings. The Hall–Kier alpha value is -3.23. The van der Waals surface area contributed by atoms with Crippen molar-refractivity contribution >= 4 is 29.7 Å². The van der Waals surface area contributed by atoms with E-state index < -0.39 is 0 Å². The van der Waals surface area contributed by atoms with Gasteiger partial charge in [-0.05, 0) is 13.0 Å². The highest BCUT2D eigenvalue weighted by Gasteiger charge is 2.20. The number of hydrogen-bond donors (Lipinski definition) is 2. The van der Waals surface area contributed by atoms with Crippen LogP contribution in [0.2, 0.25) is 0 Å². The minimum atomic E-state index is -0.307. The third-order valence-corrected chi connectivity index (χ3v) is 3.49. The van der Waals surface area contributed by atoms with E-state index in [0.717, 1.165) is 6.29 Å². The molecule has 0 saturated heterocycles. The molecule has 0 bridgehead atoms. The van der Waals surface area contributed by atoms with Crippen molar-refractivity contribution in [2.45, 2.75) is 20.8 Å². The predicted molar refractivity (Wildman–Crippen MR) is 103 cm³/mol. The van der Waals surface area contributed by atoms with Gasteiger partial charge in [0.15, 0.2) is 17.9 Å². The molecule has 0 saturated carbocycles. The second kappa shape index (κ2) is 9.46. The summed E-state index contributed by atoms with van der Waals surface area (Å²) < 4.78 is 5.75. The first-order valence-corrected chi connectivity index (χ1v) is 8.64. The number of aldehydes is 1. The first-order chi connectivity index (χ1) is 12.9. The Morgan fingerprint density at radius 2 is 2.07 bits per heavy atom. The van der Waals surface area contributed by atoms with Crippen molar-refractivity contribution in [3.05, 3.63) is 35.9 Å². The topological polar surface area (TPSA) is 113 Å². The Morgan fingerprint density at radius 3 is 2.67 bits per heavy atom. The second-order valence-electron chi connectivity index (χ2n) is 6.12. The van der Waals surface area contributed by atoms with E-state index in [0.29, 0.717) is 29.5 Å². The molecule has 0 unspecified atom stereocenters. The van der Waals surface area contributed by atoms with E-state index in [4.69, 9.17) is 4.42 Å².